The largest absolute Gasteiger partial charge is 0.467 e. The average molecular weight is 372 g/mol. The monoisotopic (exact) mass is 372 g/mol. The van der Waals surface area contributed by atoms with E-state index in [0.717, 1.165) is 25.0 Å². The molecule has 2 aliphatic rings. The van der Waals surface area contributed by atoms with Crippen LogP contribution in [0.25, 0.3) is 0 Å². The van der Waals surface area contributed by atoms with Crippen molar-refractivity contribution in [3.05, 3.63) is 88.9 Å². The van der Waals surface area contributed by atoms with Crippen LogP contribution in [0.2, 0.25) is 0 Å². The molecule has 0 fully saturated rings. The van der Waals surface area contributed by atoms with Gasteiger partial charge in [0.15, 0.2) is 0 Å². The summed E-state index contributed by atoms with van der Waals surface area (Å²) in [6.07, 6.45) is 4.62. The molecule has 4 nitrogen and oxygen atoms in total. The van der Waals surface area contributed by atoms with E-state index >= 15 is 0 Å². The lowest BCUT2D eigenvalue weighted by atomic mass is 10.1. The third-order valence-electron chi connectivity index (χ3n) is 6.09. The Morgan fingerprint density at radius 2 is 1.89 bits per heavy atom. The lowest BCUT2D eigenvalue weighted by molar-refractivity contribution is 0.0934. The van der Waals surface area contributed by atoms with Gasteiger partial charge in [-0.3, -0.25) is 4.79 Å². The van der Waals surface area contributed by atoms with Crippen molar-refractivity contribution >= 4 is 11.6 Å². The van der Waals surface area contributed by atoms with Gasteiger partial charge >= 0.3 is 0 Å². The molecule has 1 aromatic heterocycles. The number of para-hydroxylation sites is 1. The van der Waals surface area contributed by atoms with Gasteiger partial charge in [0.2, 0.25) is 0 Å². The number of anilines is 1. The van der Waals surface area contributed by atoms with E-state index in [-0.39, 0.29) is 11.9 Å². The molecule has 1 amide bonds. The summed E-state index contributed by atoms with van der Waals surface area (Å²) in [6.45, 7) is 2.83. The third kappa shape index (κ3) is 2.89. The number of fused-ring (bicyclic) bond motifs is 2. The lowest BCUT2D eigenvalue weighted by Gasteiger charge is -2.24. The first-order chi connectivity index (χ1) is 13.7. The molecule has 2 aromatic carbocycles. The molecule has 0 saturated heterocycles. The molecular weight excluding hydrogens is 348 g/mol. The van der Waals surface area contributed by atoms with Gasteiger partial charge in [0.1, 0.15) is 5.76 Å². The molecule has 1 N–H and O–H groups in total. The summed E-state index contributed by atoms with van der Waals surface area (Å²) in [5.41, 5.74) is 5.81. The van der Waals surface area contributed by atoms with E-state index in [9.17, 15) is 4.79 Å². The molecule has 1 aliphatic carbocycles. The van der Waals surface area contributed by atoms with Crippen molar-refractivity contribution in [1.29, 1.82) is 0 Å². The molecule has 2 unspecified atom stereocenters. The first-order valence-electron chi connectivity index (χ1n) is 10.0. The molecule has 142 valence electrons. The maximum atomic E-state index is 13.0. The fraction of sp³-hybridized carbons (Fsp3) is 0.292. The predicted octanol–water partition coefficient (Wildman–Crippen LogP) is 4.65. The Kier molecular flexibility index (Phi) is 4.19. The zero-order valence-electron chi connectivity index (χ0n) is 16.0. The molecule has 3 aromatic rings. The van der Waals surface area contributed by atoms with Crippen LogP contribution < -0.4 is 10.2 Å². The lowest BCUT2D eigenvalue weighted by Crippen LogP contribution is -2.31. The van der Waals surface area contributed by atoms with Crippen LogP contribution in [0.4, 0.5) is 5.69 Å². The first kappa shape index (κ1) is 17.1. The summed E-state index contributed by atoms with van der Waals surface area (Å²) in [4.78, 5) is 15.3. The summed E-state index contributed by atoms with van der Waals surface area (Å²) >= 11 is 0. The highest BCUT2D eigenvalue weighted by molar-refractivity contribution is 5.95. The van der Waals surface area contributed by atoms with Gasteiger partial charge in [-0.25, -0.2) is 0 Å². The zero-order valence-corrected chi connectivity index (χ0v) is 16.0. The Bertz CT molecular complexity index is 1020. The van der Waals surface area contributed by atoms with Crippen LogP contribution in [-0.2, 0) is 19.4 Å². The number of benzene rings is 2. The first-order valence-corrected chi connectivity index (χ1v) is 10.0. The number of rotatable bonds is 4. The average Bonchev–Trinajstić information content (AvgIpc) is 3.41. The molecule has 0 bridgehead atoms. The number of aryl methyl sites for hydroxylation is 1. The highest BCUT2D eigenvalue weighted by Gasteiger charge is 2.29. The minimum absolute atomic E-state index is 0.0504. The Balaban J connectivity index is 1.35. The van der Waals surface area contributed by atoms with Crippen LogP contribution in [-0.4, -0.2) is 11.9 Å². The van der Waals surface area contributed by atoms with Crippen molar-refractivity contribution in [2.75, 3.05) is 4.90 Å². The minimum atomic E-state index is -0.0504. The summed E-state index contributed by atoms with van der Waals surface area (Å²) in [6, 6.07) is 19.1. The van der Waals surface area contributed by atoms with Gasteiger partial charge in [0.25, 0.3) is 5.91 Å². The molecule has 2 heterocycles. The van der Waals surface area contributed by atoms with Crippen LogP contribution >= 0.6 is 0 Å². The third-order valence-corrected chi connectivity index (χ3v) is 6.09. The van der Waals surface area contributed by atoms with Gasteiger partial charge in [-0.1, -0.05) is 42.5 Å². The van der Waals surface area contributed by atoms with Crippen LogP contribution in [0.3, 0.4) is 0 Å². The quantitative estimate of drug-likeness (QED) is 0.725. The molecule has 2 atom stereocenters. The van der Waals surface area contributed by atoms with Gasteiger partial charge in [0.05, 0.1) is 24.4 Å². The number of nitrogens with zero attached hydrogens (tertiary/aromatic N) is 1. The van der Waals surface area contributed by atoms with E-state index in [1.807, 2.05) is 6.07 Å². The number of nitrogens with one attached hydrogen (secondary N) is 1. The van der Waals surface area contributed by atoms with Crippen molar-refractivity contribution in [2.24, 2.45) is 0 Å². The van der Waals surface area contributed by atoms with Crippen molar-refractivity contribution in [3.63, 3.8) is 0 Å². The van der Waals surface area contributed by atoms with E-state index in [1.54, 1.807) is 12.3 Å². The highest BCUT2D eigenvalue weighted by Crippen LogP contribution is 2.34. The van der Waals surface area contributed by atoms with Crippen molar-refractivity contribution in [2.45, 2.75) is 44.8 Å². The van der Waals surface area contributed by atoms with E-state index in [0.29, 0.717) is 18.2 Å². The van der Waals surface area contributed by atoms with Crippen molar-refractivity contribution < 1.29 is 9.21 Å². The second kappa shape index (κ2) is 6.86. The Morgan fingerprint density at radius 3 is 2.79 bits per heavy atom. The molecule has 0 spiro atoms. The van der Waals surface area contributed by atoms with Gasteiger partial charge in [-0.2, -0.15) is 0 Å². The predicted molar refractivity (Wildman–Crippen MR) is 109 cm³/mol. The highest BCUT2D eigenvalue weighted by atomic mass is 16.3. The Labute approximate surface area is 165 Å². The number of hydrogen-bond donors (Lipinski definition) is 1. The summed E-state index contributed by atoms with van der Waals surface area (Å²) < 4.78 is 5.74. The van der Waals surface area contributed by atoms with Gasteiger partial charge in [0, 0.05) is 11.7 Å². The number of hydrogen-bond acceptors (Lipinski definition) is 3. The van der Waals surface area contributed by atoms with Crippen LogP contribution in [0, 0.1) is 0 Å². The van der Waals surface area contributed by atoms with Gasteiger partial charge < -0.3 is 14.6 Å². The molecular formula is C24H24N2O2. The molecule has 0 saturated carbocycles. The van der Waals surface area contributed by atoms with Crippen molar-refractivity contribution in [1.82, 2.24) is 5.32 Å². The second-order valence-corrected chi connectivity index (χ2v) is 7.83. The molecule has 4 heteroatoms. The molecule has 1 aliphatic heterocycles. The second-order valence-electron chi connectivity index (χ2n) is 7.83. The summed E-state index contributed by atoms with van der Waals surface area (Å²) in [5, 5.41) is 3.22. The fourth-order valence-corrected chi connectivity index (χ4v) is 4.63. The van der Waals surface area contributed by atoms with Crippen LogP contribution in [0.1, 0.15) is 52.2 Å². The Morgan fingerprint density at radius 1 is 1.11 bits per heavy atom. The normalized spacial score (nSPS) is 20.1. The van der Waals surface area contributed by atoms with Gasteiger partial charge in [-0.15, -0.1) is 0 Å². The maximum absolute atomic E-state index is 13.0. The SMILES string of the molecule is CC1Cc2ccccc2N1Cc1occc1C(=O)NC1CCc2ccccc21. The smallest absolute Gasteiger partial charge is 0.255 e. The van der Waals surface area contributed by atoms with E-state index in [2.05, 4.69) is 59.6 Å². The van der Waals surface area contributed by atoms with E-state index in [4.69, 9.17) is 4.42 Å². The maximum Gasteiger partial charge on any atom is 0.255 e. The van der Waals surface area contributed by atoms with Gasteiger partial charge in [-0.05, 0) is 55.0 Å². The zero-order chi connectivity index (χ0) is 19.1. The summed E-state index contributed by atoms with van der Waals surface area (Å²) in [5.74, 6) is 0.679. The topological polar surface area (TPSA) is 45.5 Å². The number of carbonyl (C=O) groups excluding carboxylic acids is 1. The van der Waals surface area contributed by atoms with Crippen LogP contribution in [0.15, 0.2) is 65.3 Å². The molecule has 0 radical (unpaired) electrons. The standard InChI is InChI=1S/C24H24N2O2/c1-16-14-18-7-3-5-9-22(18)26(16)15-23-20(12-13-28-23)24(27)25-21-11-10-17-6-2-4-8-19(17)21/h2-9,12-13,16,21H,10-11,14-15H2,1H3,(H,25,27). The summed E-state index contributed by atoms with van der Waals surface area (Å²) in [7, 11) is 0. The van der Waals surface area contributed by atoms with E-state index in [1.165, 1.54) is 22.4 Å². The number of furan rings is 1. The number of amides is 1. The number of carbonyl (C=O) groups is 1. The fourth-order valence-electron chi connectivity index (χ4n) is 4.63. The Hall–Kier alpha value is -3.01. The van der Waals surface area contributed by atoms with E-state index < -0.39 is 0 Å². The molecule has 28 heavy (non-hydrogen) atoms. The molecule has 5 rings (SSSR count). The minimum Gasteiger partial charge on any atom is -0.467 e. The van der Waals surface area contributed by atoms with Crippen molar-refractivity contribution in [3.8, 4) is 0 Å². The van der Waals surface area contributed by atoms with Crippen LogP contribution in [0.5, 0.6) is 0 Å².